The standard InChI is InChI=1S/C20H22F2N4O2/c1-13(19(27)24-15-5-6-16(21)17(22)12-15)26-10-7-14(8-11-26)20(28)25-18-4-2-3-9-23-18/h2-6,9,12-14H,7-8,10-11H2,1H3,(H,24,27)(H,23,25,28). The maximum absolute atomic E-state index is 13.3. The predicted molar refractivity (Wildman–Crippen MR) is 102 cm³/mol. The van der Waals surface area contributed by atoms with E-state index in [0.717, 1.165) is 12.1 Å². The summed E-state index contributed by atoms with van der Waals surface area (Å²) in [6.45, 7) is 2.93. The van der Waals surface area contributed by atoms with Crippen molar-refractivity contribution < 1.29 is 18.4 Å². The molecule has 0 saturated carbocycles. The van der Waals surface area contributed by atoms with Crippen molar-refractivity contribution in [1.82, 2.24) is 9.88 Å². The van der Waals surface area contributed by atoms with Crippen LogP contribution in [0.4, 0.5) is 20.3 Å². The minimum atomic E-state index is -1.01. The summed E-state index contributed by atoms with van der Waals surface area (Å²) in [7, 11) is 0. The summed E-state index contributed by atoms with van der Waals surface area (Å²) in [6.07, 6.45) is 2.87. The number of aromatic nitrogens is 1. The Bertz CT molecular complexity index is 839. The van der Waals surface area contributed by atoms with Crippen molar-refractivity contribution in [3.8, 4) is 0 Å². The van der Waals surface area contributed by atoms with Gasteiger partial charge in [0, 0.05) is 23.9 Å². The van der Waals surface area contributed by atoms with Crippen LogP contribution in [0.15, 0.2) is 42.6 Å². The molecule has 3 rings (SSSR count). The Morgan fingerprint density at radius 2 is 1.86 bits per heavy atom. The molecular formula is C20H22F2N4O2. The maximum Gasteiger partial charge on any atom is 0.241 e. The number of rotatable bonds is 5. The number of piperidine rings is 1. The van der Waals surface area contributed by atoms with E-state index in [-0.39, 0.29) is 23.4 Å². The SMILES string of the molecule is CC(C(=O)Nc1ccc(F)c(F)c1)N1CCC(C(=O)Nc2ccccn2)CC1. The Morgan fingerprint density at radius 3 is 2.50 bits per heavy atom. The minimum absolute atomic E-state index is 0.0720. The summed E-state index contributed by atoms with van der Waals surface area (Å²) >= 11 is 0. The Labute approximate surface area is 162 Å². The first-order valence-corrected chi connectivity index (χ1v) is 9.16. The fourth-order valence-corrected chi connectivity index (χ4v) is 3.20. The molecule has 1 aromatic heterocycles. The molecule has 1 saturated heterocycles. The Morgan fingerprint density at radius 1 is 1.11 bits per heavy atom. The lowest BCUT2D eigenvalue weighted by atomic mass is 9.95. The smallest absolute Gasteiger partial charge is 0.241 e. The van der Waals surface area contributed by atoms with Crippen molar-refractivity contribution in [1.29, 1.82) is 0 Å². The molecule has 0 bridgehead atoms. The van der Waals surface area contributed by atoms with Crippen molar-refractivity contribution in [3.63, 3.8) is 0 Å². The fourth-order valence-electron chi connectivity index (χ4n) is 3.20. The molecule has 1 atom stereocenters. The fraction of sp³-hybridized carbons (Fsp3) is 0.350. The minimum Gasteiger partial charge on any atom is -0.325 e. The van der Waals surface area contributed by atoms with E-state index in [2.05, 4.69) is 15.6 Å². The van der Waals surface area contributed by atoms with Gasteiger partial charge in [-0.3, -0.25) is 14.5 Å². The zero-order valence-corrected chi connectivity index (χ0v) is 15.5. The van der Waals surface area contributed by atoms with Gasteiger partial charge in [0.25, 0.3) is 0 Å². The molecule has 0 aliphatic carbocycles. The summed E-state index contributed by atoms with van der Waals surface area (Å²) in [5.41, 5.74) is 0.209. The van der Waals surface area contributed by atoms with Crippen LogP contribution in [0, 0.1) is 17.6 Å². The van der Waals surface area contributed by atoms with Crippen molar-refractivity contribution in [2.24, 2.45) is 5.92 Å². The molecule has 1 aliphatic rings. The number of carbonyl (C=O) groups excluding carboxylic acids is 2. The number of hydrogen-bond acceptors (Lipinski definition) is 4. The Kier molecular flexibility index (Phi) is 6.30. The lowest BCUT2D eigenvalue weighted by Gasteiger charge is -2.34. The first-order valence-electron chi connectivity index (χ1n) is 9.16. The molecule has 6 nitrogen and oxygen atoms in total. The molecule has 28 heavy (non-hydrogen) atoms. The lowest BCUT2D eigenvalue weighted by Crippen LogP contribution is -2.47. The van der Waals surface area contributed by atoms with Crippen LogP contribution in [0.2, 0.25) is 0 Å². The number of nitrogens with zero attached hydrogens (tertiary/aromatic N) is 2. The first-order chi connectivity index (χ1) is 13.4. The average Bonchev–Trinajstić information content (AvgIpc) is 2.71. The van der Waals surface area contributed by atoms with Gasteiger partial charge in [-0.2, -0.15) is 0 Å². The second-order valence-electron chi connectivity index (χ2n) is 6.81. The van der Waals surface area contributed by atoms with Gasteiger partial charge in [-0.1, -0.05) is 6.07 Å². The number of anilines is 2. The third-order valence-electron chi connectivity index (χ3n) is 4.93. The number of amides is 2. The van der Waals surface area contributed by atoms with E-state index >= 15 is 0 Å². The normalized spacial score (nSPS) is 16.4. The largest absolute Gasteiger partial charge is 0.325 e. The van der Waals surface area contributed by atoms with Gasteiger partial charge in [0.15, 0.2) is 11.6 Å². The molecule has 1 aliphatic heterocycles. The van der Waals surface area contributed by atoms with E-state index in [1.807, 2.05) is 4.90 Å². The highest BCUT2D eigenvalue weighted by Crippen LogP contribution is 2.21. The summed E-state index contributed by atoms with van der Waals surface area (Å²) in [6, 6.07) is 8.11. The van der Waals surface area contributed by atoms with Gasteiger partial charge < -0.3 is 10.6 Å². The van der Waals surface area contributed by atoms with E-state index in [0.29, 0.717) is 31.7 Å². The molecule has 1 fully saturated rings. The average molecular weight is 388 g/mol. The molecule has 2 heterocycles. The van der Waals surface area contributed by atoms with Crippen LogP contribution >= 0.6 is 0 Å². The third kappa shape index (κ3) is 4.89. The molecule has 148 valence electrons. The predicted octanol–water partition coefficient (Wildman–Crippen LogP) is 3.04. The van der Waals surface area contributed by atoms with Gasteiger partial charge in [-0.25, -0.2) is 13.8 Å². The van der Waals surface area contributed by atoms with E-state index in [1.54, 1.807) is 31.3 Å². The van der Waals surface area contributed by atoms with Gasteiger partial charge in [0.05, 0.1) is 6.04 Å². The number of pyridine rings is 1. The van der Waals surface area contributed by atoms with Crippen molar-refractivity contribution in [2.45, 2.75) is 25.8 Å². The van der Waals surface area contributed by atoms with E-state index < -0.39 is 17.7 Å². The van der Waals surface area contributed by atoms with E-state index in [1.165, 1.54) is 6.07 Å². The highest BCUT2D eigenvalue weighted by atomic mass is 19.2. The number of halogens is 2. The summed E-state index contributed by atoms with van der Waals surface area (Å²) < 4.78 is 26.3. The van der Waals surface area contributed by atoms with Gasteiger partial charge in [0.2, 0.25) is 11.8 Å². The molecule has 1 aromatic carbocycles. The topological polar surface area (TPSA) is 74.3 Å². The molecule has 0 spiro atoms. The highest BCUT2D eigenvalue weighted by molar-refractivity contribution is 5.94. The number of hydrogen-bond donors (Lipinski definition) is 2. The highest BCUT2D eigenvalue weighted by Gasteiger charge is 2.30. The number of benzene rings is 1. The van der Waals surface area contributed by atoms with Crippen LogP contribution in [0.1, 0.15) is 19.8 Å². The van der Waals surface area contributed by atoms with E-state index in [9.17, 15) is 18.4 Å². The van der Waals surface area contributed by atoms with Crippen LogP contribution in [-0.2, 0) is 9.59 Å². The molecule has 2 N–H and O–H groups in total. The molecule has 1 unspecified atom stereocenters. The molecule has 8 heteroatoms. The van der Waals surface area contributed by atoms with Crippen LogP contribution in [0.25, 0.3) is 0 Å². The molecular weight excluding hydrogens is 366 g/mol. The van der Waals surface area contributed by atoms with Crippen LogP contribution in [0.5, 0.6) is 0 Å². The van der Waals surface area contributed by atoms with Crippen LogP contribution in [0.3, 0.4) is 0 Å². The summed E-state index contributed by atoms with van der Waals surface area (Å²) in [5.74, 6) is -1.96. The lowest BCUT2D eigenvalue weighted by molar-refractivity contribution is -0.123. The molecule has 2 amide bonds. The van der Waals surface area contributed by atoms with Crippen molar-refractivity contribution in [3.05, 3.63) is 54.2 Å². The zero-order valence-electron chi connectivity index (χ0n) is 15.5. The quantitative estimate of drug-likeness (QED) is 0.826. The zero-order chi connectivity index (χ0) is 20.1. The van der Waals surface area contributed by atoms with Crippen LogP contribution in [-0.4, -0.2) is 40.8 Å². The number of carbonyl (C=O) groups is 2. The second kappa shape index (κ2) is 8.88. The molecule has 2 aromatic rings. The van der Waals surface area contributed by atoms with Crippen LogP contribution < -0.4 is 10.6 Å². The first kappa shape index (κ1) is 19.9. The number of nitrogens with one attached hydrogen (secondary N) is 2. The third-order valence-corrected chi connectivity index (χ3v) is 4.93. The van der Waals surface area contributed by atoms with Gasteiger partial charge >= 0.3 is 0 Å². The summed E-state index contributed by atoms with van der Waals surface area (Å²) in [4.78, 5) is 30.8. The van der Waals surface area contributed by atoms with E-state index in [4.69, 9.17) is 0 Å². The van der Waals surface area contributed by atoms with Gasteiger partial charge in [-0.05, 0) is 57.1 Å². The molecule has 0 radical (unpaired) electrons. The second-order valence-corrected chi connectivity index (χ2v) is 6.81. The van der Waals surface area contributed by atoms with Crippen molar-refractivity contribution >= 4 is 23.3 Å². The Hall–Kier alpha value is -2.87. The number of likely N-dealkylation sites (tertiary alicyclic amines) is 1. The van der Waals surface area contributed by atoms with Gasteiger partial charge in [-0.15, -0.1) is 0 Å². The Balaban J connectivity index is 1.50. The van der Waals surface area contributed by atoms with Gasteiger partial charge in [0.1, 0.15) is 5.82 Å². The summed E-state index contributed by atoms with van der Waals surface area (Å²) in [5, 5.41) is 5.41. The van der Waals surface area contributed by atoms with Crippen molar-refractivity contribution in [2.75, 3.05) is 23.7 Å². The maximum atomic E-state index is 13.3. The monoisotopic (exact) mass is 388 g/mol.